The van der Waals surface area contributed by atoms with E-state index >= 15 is 0 Å². The molecule has 3 nitrogen and oxygen atoms in total. The summed E-state index contributed by atoms with van der Waals surface area (Å²) in [5, 5.41) is 3.94. The van der Waals surface area contributed by atoms with Crippen LogP contribution >= 0.6 is 11.6 Å². The Hall–Kier alpha value is -0.770. The summed E-state index contributed by atoms with van der Waals surface area (Å²) in [6.45, 7) is 5.31. The Bertz CT molecular complexity index is 364. The minimum Gasteiger partial charge on any atom is -0.486 e. The molecule has 1 aliphatic heterocycles. The van der Waals surface area contributed by atoms with E-state index in [1.807, 2.05) is 18.2 Å². The molecule has 1 aliphatic rings. The third-order valence-corrected chi connectivity index (χ3v) is 3.05. The summed E-state index contributed by atoms with van der Waals surface area (Å²) in [4.78, 5) is 0. The van der Waals surface area contributed by atoms with E-state index in [4.69, 9.17) is 21.1 Å². The third-order valence-electron chi connectivity index (χ3n) is 2.76. The second-order valence-electron chi connectivity index (χ2n) is 4.15. The van der Waals surface area contributed by atoms with E-state index in [0.29, 0.717) is 11.6 Å². The first-order chi connectivity index (χ1) is 8.29. The maximum atomic E-state index is 6.19. The van der Waals surface area contributed by atoms with Crippen molar-refractivity contribution in [2.75, 3.05) is 19.8 Å². The molecule has 17 heavy (non-hydrogen) atoms. The van der Waals surface area contributed by atoms with E-state index in [1.165, 1.54) is 5.56 Å². The fourth-order valence-corrected chi connectivity index (χ4v) is 2.05. The van der Waals surface area contributed by atoms with E-state index in [0.717, 1.165) is 31.9 Å². The smallest absolute Gasteiger partial charge is 0.138 e. The van der Waals surface area contributed by atoms with E-state index in [-0.39, 0.29) is 6.10 Å². The number of halogens is 1. The van der Waals surface area contributed by atoms with Crippen LogP contribution in [-0.4, -0.2) is 25.9 Å². The molecule has 1 aromatic rings. The second-order valence-corrected chi connectivity index (χ2v) is 4.56. The van der Waals surface area contributed by atoms with E-state index in [2.05, 4.69) is 12.2 Å². The molecule has 0 saturated carbocycles. The van der Waals surface area contributed by atoms with Gasteiger partial charge in [-0.05, 0) is 24.2 Å². The van der Waals surface area contributed by atoms with Crippen molar-refractivity contribution >= 4 is 11.6 Å². The Kier molecular flexibility index (Phi) is 4.66. The van der Waals surface area contributed by atoms with Gasteiger partial charge in [-0.3, -0.25) is 0 Å². The lowest BCUT2D eigenvalue weighted by atomic mass is 10.2. The molecule has 0 bridgehead atoms. The normalized spacial score (nSPS) is 19.5. The number of rotatable bonds is 5. The van der Waals surface area contributed by atoms with Crippen molar-refractivity contribution in [2.24, 2.45) is 0 Å². The Balaban J connectivity index is 1.98. The summed E-state index contributed by atoms with van der Waals surface area (Å²) >= 11 is 6.19. The first kappa shape index (κ1) is 12.7. The van der Waals surface area contributed by atoms with Gasteiger partial charge < -0.3 is 14.8 Å². The van der Waals surface area contributed by atoms with Gasteiger partial charge in [0.2, 0.25) is 0 Å². The molecule has 94 valence electrons. The fourth-order valence-electron chi connectivity index (χ4n) is 1.80. The molecule has 1 saturated heterocycles. The highest BCUT2D eigenvalue weighted by molar-refractivity contribution is 6.32. The van der Waals surface area contributed by atoms with Crippen LogP contribution in [0.3, 0.4) is 0 Å². The molecule has 4 heteroatoms. The Morgan fingerprint density at radius 1 is 1.53 bits per heavy atom. The highest BCUT2D eigenvalue weighted by Gasteiger charge is 2.18. The zero-order chi connectivity index (χ0) is 12.1. The van der Waals surface area contributed by atoms with Crippen LogP contribution in [0.15, 0.2) is 18.2 Å². The van der Waals surface area contributed by atoms with Crippen molar-refractivity contribution in [1.29, 1.82) is 0 Å². The summed E-state index contributed by atoms with van der Waals surface area (Å²) in [5.41, 5.74) is 1.17. The molecular formula is C13H18ClNO2. The Morgan fingerprint density at radius 2 is 2.41 bits per heavy atom. The number of benzene rings is 1. The summed E-state index contributed by atoms with van der Waals surface area (Å²) in [6.07, 6.45) is 1.09. The van der Waals surface area contributed by atoms with Gasteiger partial charge in [0, 0.05) is 13.0 Å². The van der Waals surface area contributed by atoms with Gasteiger partial charge in [0.05, 0.1) is 18.2 Å². The quantitative estimate of drug-likeness (QED) is 0.877. The molecule has 0 aliphatic carbocycles. The van der Waals surface area contributed by atoms with E-state index in [9.17, 15) is 0 Å². The lowest BCUT2D eigenvalue weighted by Gasteiger charge is -2.14. The lowest BCUT2D eigenvalue weighted by molar-refractivity contribution is 0.141. The SMILES string of the molecule is CCNCc1ccc(OC2CCOC2)c(Cl)c1. The van der Waals surface area contributed by atoms with Gasteiger partial charge in [-0.25, -0.2) is 0 Å². The molecule has 0 radical (unpaired) electrons. The Morgan fingerprint density at radius 3 is 3.06 bits per heavy atom. The van der Waals surface area contributed by atoms with Gasteiger partial charge in [-0.1, -0.05) is 24.6 Å². The third kappa shape index (κ3) is 3.60. The fraction of sp³-hybridized carbons (Fsp3) is 0.538. The monoisotopic (exact) mass is 255 g/mol. The van der Waals surface area contributed by atoms with Gasteiger partial charge in [-0.2, -0.15) is 0 Å². The molecule has 1 atom stereocenters. The van der Waals surface area contributed by atoms with Crippen molar-refractivity contribution in [1.82, 2.24) is 5.32 Å². The van der Waals surface area contributed by atoms with Crippen LogP contribution in [0.4, 0.5) is 0 Å². The maximum absolute atomic E-state index is 6.19. The summed E-state index contributed by atoms with van der Waals surface area (Å²) in [6, 6.07) is 5.93. The first-order valence-electron chi connectivity index (χ1n) is 6.03. The van der Waals surface area contributed by atoms with Crippen LogP contribution in [0.25, 0.3) is 0 Å². The highest BCUT2D eigenvalue weighted by Crippen LogP contribution is 2.27. The van der Waals surface area contributed by atoms with Crippen LogP contribution in [0.5, 0.6) is 5.75 Å². The number of ether oxygens (including phenoxy) is 2. The summed E-state index contributed by atoms with van der Waals surface area (Å²) < 4.78 is 11.1. The van der Waals surface area contributed by atoms with Gasteiger partial charge in [-0.15, -0.1) is 0 Å². The Labute approximate surface area is 107 Å². The molecule has 1 N–H and O–H groups in total. The molecule has 1 aromatic carbocycles. The van der Waals surface area contributed by atoms with Crippen molar-refractivity contribution in [2.45, 2.75) is 26.0 Å². The molecular weight excluding hydrogens is 238 g/mol. The zero-order valence-electron chi connectivity index (χ0n) is 10.0. The van der Waals surface area contributed by atoms with Crippen molar-refractivity contribution in [3.63, 3.8) is 0 Å². The van der Waals surface area contributed by atoms with Crippen LogP contribution in [0.2, 0.25) is 5.02 Å². The average molecular weight is 256 g/mol. The van der Waals surface area contributed by atoms with Gasteiger partial charge >= 0.3 is 0 Å². The topological polar surface area (TPSA) is 30.5 Å². The van der Waals surface area contributed by atoms with Crippen molar-refractivity contribution in [3.8, 4) is 5.75 Å². The van der Waals surface area contributed by atoms with Crippen molar-refractivity contribution in [3.05, 3.63) is 28.8 Å². The molecule has 0 amide bonds. The molecule has 0 spiro atoms. The molecule has 2 rings (SSSR count). The standard InChI is InChI=1S/C13H18ClNO2/c1-2-15-8-10-3-4-13(12(14)7-10)17-11-5-6-16-9-11/h3-4,7,11,15H,2,5-6,8-9H2,1H3. The van der Waals surface area contributed by atoms with Gasteiger partial charge in [0.1, 0.15) is 11.9 Å². The predicted octanol–water partition coefficient (Wildman–Crippen LogP) is 2.62. The van der Waals surface area contributed by atoms with Crippen LogP contribution in [-0.2, 0) is 11.3 Å². The average Bonchev–Trinajstić information content (AvgIpc) is 2.82. The first-order valence-corrected chi connectivity index (χ1v) is 6.41. The molecule has 1 heterocycles. The maximum Gasteiger partial charge on any atom is 0.138 e. The summed E-state index contributed by atoms with van der Waals surface area (Å²) in [5.74, 6) is 0.752. The minimum absolute atomic E-state index is 0.145. The lowest BCUT2D eigenvalue weighted by Crippen LogP contribution is -2.16. The zero-order valence-corrected chi connectivity index (χ0v) is 10.8. The van der Waals surface area contributed by atoms with Crippen LogP contribution in [0, 0.1) is 0 Å². The van der Waals surface area contributed by atoms with Crippen LogP contribution < -0.4 is 10.1 Å². The predicted molar refractivity (Wildman–Crippen MR) is 68.7 cm³/mol. The highest BCUT2D eigenvalue weighted by atomic mass is 35.5. The second kappa shape index (κ2) is 6.24. The number of hydrogen-bond donors (Lipinski definition) is 1. The minimum atomic E-state index is 0.145. The van der Waals surface area contributed by atoms with Crippen molar-refractivity contribution < 1.29 is 9.47 Å². The molecule has 0 aromatic heterocycles. The summed E-state index contributed by atoms with van der Waals surface area (Å²) in [7, 11) is 0. The van der Waals surface area contributed by atoms with Gasteiger partial charge in [0.15, 0.2) is 0 Å². The van der Waals surface area contributed by atoms with E-state index < -0.39 is 0 Å². The van der Waals surface area contributed by atoms with E-state index in [1.54, 1.807) is 0 Å². The molecule has 1 fully saturated rings. The largest absolute Gasteiger partial charge is 0.486 e. The number of nitrogens with one attached hydrogen (secondary N) is 1. The van der Waals surface area contributed by atoms with Crippen LogP contribution in [0.1, 0.15) is 18.9 Å². The van der Waals surface area contributed by atoms with Gasteiger partial charge in [0.25, 0.3) is 0 Å². The number of hydrogen-bond acceptors (Lipinski definition) is 3. The molecule has 1 unspecified atom stereocenters.